The number of ether oxygens (including phenoxy) is 1. The second kappa shape index (κ2) is 7.37. The Balaban J connectivity index is 1.75. The molecule has 0 atom stereocenters. The molecule has 0 saturated carbocycles. The van der Waals surface area contributed by atoms with Crippen LogP contribution in [0.4, 0.5) is 10.5 Å². The second-order valence-electron chi connectivity index (χ2n) is 6.48. The lowest BCUT2D eigenvalue weighted by atomic mass is 9.99. The van der Waals surface area contributed by atoms with Crippen molar-refractivity contribution in [2.75, 3.05) is 18.4 Å². The van der Waals surface area contributed by atoms with E-state index in [9.17, 15) is 13.2 Å². The van der Waals surface area contributed by atoms with E-state index >= 15 is 0 Å². The van der Waals surface area contributed by atoms with Crippen LogP contribution >= 0.6 is 0 Å². The fourth-order valence-electron chi connectivity index (χ4n) is 3.14. The van der Waals surface area contributed by atoms with Crippen LogP contribution in [0.1, 0.15) is 22.3 Å². The van der Waals surface area contributed by atoms with Crippen LogP contribution < -0.4 is 4.72 Å². The number of carbonyl (C=O) groups excluding carboxylic acids is 1. The van der Waals surface area contributed by atoms with Crippen LogP contribution in [-0.4, -0.2) is 33.1 Å². The molecule has 1 amide bonds. The molecule has 0 fully saturated rings. The van der Waals surface area contributed by atoms with Crippen LogP contribution in [0.15, 0.2) is 42.5 Å². The number of aryl methyl sites for hydroxylation is 1. The van der Waals surface area contributed by atoms with E-state index in [0.717, 1.165) is 28.7 Å². The minimum Gasteiger partial charge on any atom is -0.453 e. The average Bonchev–Trinajstić information content (AvgIpc) is 2.59. The normalized spacial score (nSPS) is 13.8. The molecule has 26 heavy (non-hydrogen) atoms. The lowest BCUT2D eigenvalue weighted by Crippen LogP contribution is -2.35. The highest BCUT2D eigenvalue weighted by atomic mass is 32.2. The van der Waals surface area contributed by atoms with E-state index in [1.807, 2.05) is 31.2 Å². The van der Waals surface area contributed by atoms with E-state index in [1.165, 1.54) is 7.11 Å². The zero-order valence-corrected chi connectivity index (χ0v) is 15.7. The number of hydrogen-bond donors (Lipinski definition) is 1. The number of methoxy groups -OCH3 is 1. The van der Waals surface area contributed by atoms with Gasteiger partial charge in [-0.25, -0.2) is 13.2 Å². The molecule has 0 spiro atoms. The zero-order valence-electron chi connectivity index (χ0n) is 14.9. The van der Waals surface area contributed by atoms with Crippen molar-refractivity contribution in [2.24, 2.45) is 0 Å². The molecule has 1 aliphatic rings. The Kier molecular flexibility index (Phi) is 5.18. The number of rotatable bonds is 4. The Hall–Kier alpha value is -2.54. The number of carbonyl (C=O) groups is 1. The summed E-state index contributed by atoms with van der Waals surface area (Å²) in [5, 5.41) is 0. The van der Waals surface area contributed by atoms with E-state index in [4.69, 9.17) is 4.74 Å². The maximum absolute atomic E-state index is 12.5. The van der Waals surface area contributed by atoms with Crippen LogP contribution in [0.25, 0.3) is 0 Å². The van der Waals surface area contributed by atoms with Crippen LogP contribution in [0, 0.1) is 6.92 Å². The molecule has 6 nitrogen and oxygen atoms in total. The molecule has 0 aromatic heterocycles. The van der Waals surface area contributed by atoms with Crippen LogP contribution in [0.2, 0.25) is 0 Å². The van der Waals surface area contributed by atoms with Gasteiger partial charge in [0.15, 0.2) is 0 Å². The second-order valence-corrected chi connectivity index (χ2v) is 8.20. The predicted octanol–water partition coefficient (Wildman–Crippen LogP) is 3.06. The standard InChI is InChI=1S/C19H22N2O4S/c1-14-4-3-5-15(10-14)13-26(23,24)20-18-7-6-16-8-9-21(19(22)25-2)12-17(16)11-18/h3-7,10-11,20H,8-9,12-13H2,1-2H3. The first-order valence-corrected chi connectivity index (χ1v) is 10.0. The van der Waals surface area contributed by atoms with Gasteiger partial charge < -0.3 is 9.64 Å². The Labute approximate surface area is 153 Å². The average molecular weight is 374 g/mol. The fourth-order valence-corrected chi connectivity index (χ4v) is 4.32. The summed E-state index contributed by atoms with van der Waals surface area (Å²) in [6.45, 7) is 2.94. The minimum absolute atomic E-state index is 0.0833. The van der Waals surface area contributed by atoms with E-state index < -0.39 is 10.0 Å². The van der Waals surface area contributed by atoms with Crippen molar-refractivity contribution < 1.29 is 17.9 Å². The molecule has 0 bridgehead atoms. The topological polar surface area (TPSA) is 75.7 Å². The van der Waals surface area contributed by atoms with Crippen LogP contribution in [-0.2, 0) is 33.5 Å². The van der Waals surface area contributed by atoms with Crippen LogP contribution in [0.3, 0.4) is 0 Å². The third-order valence-corrected chi connectivity index (χ3v) is 5.62. The van der Waals surface area contributed by atoms with E-state index in [-0.39, 0.29) is 11.8 Å². The number of fused-ring (bicyclic) bond motifs is 1. The van der Waals surface area contributed by atoms with E-state index in [0.29, 0.717) is 18.8 Å². The summed E-state index contributed by atoms with van der Waals surface area (Å²) in [5.41, 5.74) is 4.31. The van der Waals surface area contributed by atoms with Crippen molar-refractivity contribution in [2.45, 2.75) is 25.6 Å². The molecule has 138 valence electrons. The molecule has 3 rings (SSSR count). The molecular formula is C19H22N2O4S. The summed E-state index contributed by atoms with van der Waals surface area (Å²) < 4.78 is 32.3. The van der Waals surface area contributed by atoms with Gasteiger partial charge in [-0.2, -0.15) is 0 Å². The van der Waals surface area contributed by atoms with Gasteiger partial charge in [-0.15, -0.1) is 0 Å². The number of amides is 1. The van der Waals surface area contributed by atoms with Gasteiger partial charge in [0.05, 0.1) is 12.9 Å². The van der Waals surface area contributed by atoms with Crippen molar-refractivity contribution in [1.82, 2.24) is 4.90 Å². The molecule has 0 aliphatic carbocycles. The molecule has 1 N–H and O–H groups in total. The Morgan fingerprint density at radius 2 is 2.00 bits per heavy atom. The molecule has 0 radical (unpaired) electrons. The first kappa shape index (κ1) is 18.3. The zero-order chi connectivity index (χ0) is 18.7. The predicted molar refractivity (Wildman–Crippen MR) is 100 cm³/mol. The molecule has 0 saturated heterocycles. The molecule has 7 heteroatoms. The van der Waals surface area contributed by atoms with Gasteiger partial charge in [0.2, 0.25) is 10.0 Å². The summed E-state index contributed by atoms with van der Waals surface area (Å²) in [5.74, 6) is -0.0833. The van der Waals surface area contributed by atoms with Crippen molar-refractivity contribution in [3.05, 3.63) is 64.7 Å². The highest BCUT2D eigenvalue weighted by Crippen LogP contribution is 2.24. The molecule has 2 aromatic rings. The molecule has 1 heterocycles. The number of hydrogen-bond acceptors (Lipinski definition) is 4. The van der Waals surface area contributed by atoms with E-state index in [1.54, 1.807) is 23.1 Å². The number of benzene rings is 2. The number of nitrogens with one attached hydrogen (secondary N) is 1. The van der Waals surface area contributed by atoms with Crippen LogP contribution in [0.5, 0.6) is 0 Å². The minimum atomic E-state index is -3.52. The summed E-state index contributed by atoms with van der Waals surface area (Å²) in [6, 6.07) is 12.9. The van der Waals surface area contributed by atoms with Gasteiger partial charge in [0, 0.05) is 18.8 Å². The smallest absolute Gasteiger partial charge is 0.409 e. The van der Waals surface area contributed by atoms with Gasteiger partial charge in [0.1, 0.15) is 0 Å². The number of anilines is 1. The Morgan fingerprint density at radius 1 is 1.19 bits per heavy atom. The van der Waals surface area contributed by atoms with Gasteiger partial charge >= 0.3 is 6.09 Å². The summed E-state index contributed by atoms with van der Waals surface area (Å²) in [7, 11) is -2.17. The lowest BCUT2D eigenvalue weighted by molar-refractivity contribution is 0.118. The summed E-state index contributed by atoms with van der Waals surface area (Å²) >= 11 is 0. The molecule has 0 unspecified atom stereocenters. The molecule has 2 aromatic carbocycles. The Bertz CT molecular complexity index is 925. The molecular weight excluding hydrogens is 352 g/mol. The van der Waals surface area contributed by atoms with Crippen molar-refractivity contribution in [1.29, 1.82) is 0 Å². The quantitative estimate of drug-likeness (QED) is 0.892. The monoisotopic (exact) mass is 374 g/mol. The third kappa shape index (κ3) is 4.35. The van der Waals surface area contributed by atoms with Gasteiger partial charge in [-0.3, -0.25) is 4.72 Å². The highest BCUT2D eigenvalue weighted by molar-refractivity contribution is 7.91. The van der Waals surface area contributed by atoms with E-state index in [2.05, 4.69) is 4.72 Å². The summed E-state index contributed by atoms with van der Waals surface area (Å²) in [6.07, 6.45) is 0.349. The first-order chi connectivity index (χ1) is 12.4. The maximum Gasteiger partial charge on any atom is 0.409 e. The fraction of sp³-hybridized carbons (Fsp3) is 0.316. The van der Waals surface area contributed by atoms with Crippen molar-refractivity contribution >= 4 is 21.8 Å². The third-order valence-electron chi connectivity index (χ3n) is 4.36. The lowest BCUT2D eigenvalue weighted by Gasteiger charge is -2.28. The van der Waals surface area contributed by atoms with Gasteiger partial charge in [-0.1, -0.05) is 35.9 Å². The highest BCUT2D eigenvalue weighted by Gasteiger charge is 2.22. The maximum atomic E-state index is 12.5. The van der Waals surface area contributed by atoms with Crippen molar-refractivity contribution in [3.63, 3.8) is 0 Å². The first-order valence-electron chi connectivity index (χ1n) is 8.37. The van der Waals surface area contributed by atoms with Gasteiger partial charge in [0.25, 0.3) is 0 Å². The van der Waals surface area contributed by atoms with Crippen molar-refractivity contribution in [3.8, 4) is 0 Å². The number of nitrogens with zero attached hydrogens (tertiary/aromatic N) is 1. The Morgan fingerprint density at radius 3 is 2.73 bits per heavy atom. The van der Waals surface area contributed by atoms with Gasteiger partial charge in [-0.05, 0) is 42.2 Å². The summed E-state index contributed by atoms with van der Waals surface area (Å²) in [4.78, 5) is 13.3. The number of sulfonamides is 1. The largest absolute Gasteiger partial charge is 0.453 e. The molecule has 1 aliphatic heterocycles. The SMILES string of the molecule is COC(=O)N1CCc2ccc(NS(=O)(=O)Cc3cccc(C)c3)cc2C1.